The number of carbonyl (C=O) groups is 2. The van der Waals surface area contributed by atoms with Gasteiger partial charge >= 0.3 is 12.1 Å². The Morgan fingerprint density at radius 1 is 1.27 bits per heavy atom. The number of ether oxygens (including phenoxy) is 3. The lowest BCUT2D eigenvalue weighted by atomic mass is 10.1. The van der Waals surface area contributed by atoms with Crippen LogP contribution in [-0.2, 0) is 16.0 Å². The van der Waals surface area contributed by atoms with Gasteiger partial charge in [-0.1, -0.05) is 6.07 Å². The number of nitrogens with zero attached hydrogens (tertiary/aromatic N) is 2. The number of alkyl carbamates (subject to hydrolysis) is 1. The number of nitrogens with one attached hydrogen (secondary N) is 2. The molecular formula is C21H32N4O5. The number of hydrogen-bond acceptors (Lipinski definition) is 6. The van der Waals surface area contributed by atoms with Crippen molar-refractivity contribution in [3.63, 3.8) is 0 Å². The van der Waals surface area contributed by atoms with Gasteiger partial charge in [0.05, 0.1) is 20.3 Å². The van der Waals surface area contributed by atoms with E-state index >= 15 is 0 Å². The fraction of sp³-hybridized carbons (Fsp3) is 0.571. The Balaban J connectivity index is 1.92. The molecule has 1 amide bonds. The van der Waals surface area contributed by atoms with Crippen LogP contribution >= 0.6 is 0 Å². The summed E-state index contributed by atoms with van der Waals surface area (Å²) in [4.78, 5) is 30.2. The highest BCUT2D eigenvalue weighted by atomic mass is 16.6. The van der Waals surface area contributed by atoms with Crippen molar-refractivity contribution in [2.45, 2.75) is 45.4 Å². The fourth-order valence-electron chi connectivity index (χ4n) is 3.18. The maximum absolute atomic E-state index is 12.0. The molecule has 30 heavy (non-hydrogen) atoms. The number of amides is 1. The summed E-state index contributed by atoms with van der Waals surface area (Å²) in [5, 5.41) is 6.22. The fourth-order valence-corrected chi connectivity index (χ4v) is 3.18. The van der Waals surface area contributed by atoms with E-state index < -0.39 is 17.7 Å². The molecule has 1 aromatic rings. The first-order chi connectivity index (χ1) is 14.2. The number of esters is 1. The highest BCUT2D eigenvalue weighted by Crippen LogP contribution is 2.21. The molecule has 2 rings (SSSR count). The maximum atomic E-state index is 12.0. The van der Waals surface area contributed by atoms with Crippen LogP contribution in [0.25, 0.3) is 0 Å². The summed E-state index contributed by atoms with van der Waals surface area (Å²) in [6.07, 6.45) is 0.400. The molecule has 0 unspecified atom stereocenters. The maximum Gasteiger partial charge on any atom is 0.407 e. The van der Waals surface area contributed by atoms with Gasteiger partial charge in [-0.25, -0.2) is 9.59 Å². The van der Waals surface area contributed by atoms with Gasteiger partial charge in [0.1, 0.15) is 16.9 Å². The van der Waals surface area contributed by atoms with Crippen molar-refractivity contribution in [2.75, 3.05) is 34.4 Å². The molecule has 9 nitrogen and oxygen atoms in total. The van der Waals surface area contributed by atoms with Crippen LogP contribution in [0.15, 0.2) is 23.2 Å². The first kappa shape index (κ1) is 23.3. The van der Waals surface area contributed by atoms with E-state index in [4.69, 9.17) is 14.2 Å². The van der Waals surface area contributed by atoms with Crippen LogP contribution in [0.2, 0.25) is 0 Å². The van der Waals surface area contributed by atoms with E-state index in [1.54, 1.807) is 19.2 Å². The molecule has 1 heterocycles. The van der Waals surface area contributed by atoms with E-state index in [9.17, 15) is 9.59 Å². The molecule has 1 aromatic carbocycles. The quantitative estimate of drug-likeness (QED) is 0.428. The van der Waals surface area contributed by atoms with Gasteiger partial charge < -0.3 is 29.7 Å². The van der Waals surface area contributed by atoms with E-state index in [-0.39, 0.29) is 6.04 Å². The lowest BCUT2D eigenvalue weighted by Crippen LogP contribution is -2.44. The van der Waals surface area contributed by atoms with Gasteiger partial charge in [-0.3, -0.25) is 4.99 Å². The molecule has 0 aliphatic carbocycles. The Kier molecular flexibility index (Phi) is 7.91. The van der Waals surface area contributed by atoms with E-state index in [1.807, 2.05) is 26.8 Å². The molecule has 0 saturated carbocycles. The van der Waals surface area contributed by atoms with Crippen LogP contribution < -0.4 is 15.4 Å². The van der Waals surface area contributed by atoms with Crippen molar-refractivity contribution in [1.29, 1.82) is 0 Å². The van der Waals surface area contributed by atoms with Crippen molar-refractivity contribution >= 4 is 18.0 Å². The molecule has 0 spiro atoms. The number of hydrogen-bond donors (Lipinski definition) is 2. The second kappa shape index (κ2) is 10.2. The summed E-state index contributed by atoms with van der Waals surface area (Å²) < 4.78 is 15.4. The molecule has 1 fully saturated rings. The lowest BCUT2D eigenvalue weighted by Gasteiger charge is -2.23. The van der Waals surface area contributed by atoms with Crippen molar-refractivity contribution in [1.82, 2.24) is 15.5 Å². The smallest absolute Gasteiger partial charge is 0.407 e. The van der Waals surface area contributed by atoms with Crippen LogP contribution in [0.5, 0.6) is 5.75 Å². The average molecular weight is 421 g/mol. The van der Waals surface area contributed by atoms with Crippen LogP contribution in [0.1, 0.15) is 43.1 Å². The molecule has 1 aliphatic heterocycles. The first-order valence-corrected chi connectivity index (χ1v) is 9.87. The molecule has 1 saturated heterocycles. The van der Waals surface area contributed by atoms with Gasteiger partial charge in [0.15, 0.2) is 5.96 Å². The summed E-state index contributed by atoms with van der Waals surface area (Å²) >= 11 is 0. The standard InChI is InChI=1S/C21H32N4O5/c1-21(2,3)30-20(27)24-15-9-10-25(13-15)19(22-4)23-12-14-7-8-16(18(26)29-6)17(11-14)28-5/h7-8,11,15H,9-10,12-13H2,1-6H3,(H,22,23)(H,24,27)/t15-/m1/s1. The first-order valence-electron chi connectivity index (χ1n) is 9.87. The predicted molar refractivity (Wildman–Crippen MR) is 114 cm³/mol. The van der Waals surface area contributed by atoms with E-state index in [0.29, 0.717) is 24.4 Å². The van der Waals surface area contributed by atoms with Crippen molar-refractivity contribution < 1.29 is 23.8 Å². The van der Waals surface area contributed by atoms with Gasteiger partial charge in [-0.05, 0) is 44.9 Å². The number of benzene rings is 1. The second-order valence-corrected chi connectivity index (χ2v) is 8.00. The van der Waals surface area contributed by atoms with Crippen LogP contribution in [0.3, 0.4) is 0 Å². The third-order valence-corrected chi connectivity index (χ3v) is 4.54. The lowest BCUT2D eigenvalue weighted by molar-refractivity contribution is 0.0506. The second-order valence-electron chi connectivity index (χ2n) is 8.00. The summed E-state index contributed by atoms with van der Waals surface area (Å²) in [6.45, 7) is 7.43. The highest BCUT2D eigenvalue weighted by molar-refractivity contribution is 5.92. The number of carbonyl (C=O) groups excluding carboxylic acids is 2. The molecule has 0 aromatic heterocycles. The summed E-state index contributed by atoms with van der Waals surface area (Å²) in [5.74, 6) is 0.751. The van der Waals surface area contributed by atoms with Gasteiger partial charge in [0.25, 0.3) is 0 Å². The van der Waals surface area contributed by atoms with Crippen molar-refractivity contribution in [2.24, 2.45) is 4.99 Å². The Bertz CT molecular complexity index is 788. The van der Waals surface area contributed by atoms with E-state index in [2.05, 4.69) is 20.5 Å². The zero-order valence-electron chi connectivity index (χ0n) is 18.6. The molecule has 0 bridgehead atoms. The monoisotopic (exact) mass is 420 g/mol. The molecule has 1 atom stereocenters. The number of rotatable bonds is 5. The molecular weight excluding hydrogens is 388 g/mol. The van der Waals surface area contributed by atoms with Crippen LogP contribution in [0.4, 0.5) is 4.79 Å². The SMILES string of the molecule is CN=C(NCc1ccc(C(=O)OC)c(OC)c1)N1CC[C@@H](NC(=O)OC(C)(C)C)C1. The molecule has 166 valence electrons. The minimum Gasteiger partial charge on any atom is -0.496 e. The Morgan fingerprint density at radius 3 is 2.60 bits per heavy atom. The Labute approximate surface area is 177 Å². The largest absolute Gasteiger partial charge is 0.496 e. The third kappa shape index (κ3) is 6.53. The zero-order valence-corrected chi connectivity index (χ0v) is 18.6. The minimum absolute atomic E-state index is 0.00201. The van der Waals surface area contributed by atoms with Crippen LogP contribution in [-0.4, -0.2) is 68.9 Å². The molecule has 0 radical (unpaired) electrons. The average Bonchev–Trinajstić information content (AvgIpc) is 3.14. The summed E-state index contributed by atoms with van der Waals surface area (Å²) in [6, 6.07) is 5.31. The molecule has 9 heteroatoms. The van der Waals surface area contributed by atoms with Crippen LogP contribution in [0, 0.1) is 0 Å². The Morgan fingerprint density at radius 2 is 2.00 bits per heavy atom. The van der Waals surface area contributed by atoms with Gasteiger partial charge in [0.2, 0.25) is 0 Å². The van der Waals surface area contributed by atoms with E-state index in [1.165, 1.54) is 14.2 Å². The number of aliphatic imine (C=N–C) groups is 1. The zero-order chi connectivity index (χ0) is 22.3. The Hall–Kier alpha value is -2.97. The third-order valence-electron chi connectivity index (χ3n) is 4.54. The van der Waals surface area contributed by atoms with Gasteiger partial charge in [0, 0.05) is 26.7 Å². The topological polar surface area (TPSA) is 101 Å². The number of likely N-dealkylation sites (tertiary alicyclic amines) is 1. The van der Waals surface area contributed by atoms with Crippen molar-refractivity contribution in [3.8, 4) is 5.75 Å². The normalized spacial score (nSPS) is 16.8. The molecule has 1 aliphatic rings. The molecule has 2 N–H and O–H groups in total. The van der Waals surface area contributed by atoms with Crippen molar-refractivity contribution in [3.05, 3.63) is 29.3 Å². The number of guanidine groups is 1. The predicted octanol–water partition coefficient (Wildman–Crippen LogP) is 2.16. The van der Waals surface area contributed by atoms with Gasteiger partial charge in [-0.2, -0.15) is 0 Å². The highest BCUT2D eigenvalue weighted by Gasteiger charge is 2.27. The number of methoxy groups -OCH3 is 2. The van der Waals surface area contributed by atoms with Gasteiger partial charge in [-0.15, -0.1) is 0 Å². The summed E-state index contributed by atoms with van der Waals surface area (Å²) in [5.41, 5.74) is 0.789. The minimum atomic E-state index is -0.523. The van der Waals surface area contributed by atoms with E-state index in [0.717, 1.165) is 24.5 Å². The summed E-state index contributed by atoms with van der Waals surface area (Å²) in [7, 11) is 4.57.